The monoisotopic (exact) mass is 430 g/mol. The molecule has 0 radical (unpaired) electrons. The summed E-state index contributed by atoms with van der Waals surface area (Å²) in [7, 11) is 2.20. The number of ether oxygens (including phenoxy) is 2. The number of nitrogens with zero attached hydrogens (tertiary/aromatic N) is 2. The third kappa shape index (κ3) is 3.02. The second-order valence-electron chi connectivity index (χ2n) is 11.1. The highest BCUT2D eigenvalue weighted by Gasteiger charge is 2.69. The Balaban J connectivity index is 1.34. The Morgan fingerprint density at radius 1 is 1.03 bits per heavy atom. The highest BCUT2D eigenvalue weighted by molar-refractivity contribution is 5.22. The molecule has 1 spiro atoms. The molecule has 1 aromatic rings. The fourth-order valence-electron chi connectivity index (χ4n) is 7.43. The Morgan fingerprint density at radius 2 is 1.84 bits per heavy atom. The zero-order chi connectivity index (χ0) is 21.4. The average Bonchev–Trinajstić information content (AvgIpc) is 3.32. The van der Waals surface area contributed by atoms with Gasteiger partial charge in [0, 0.05) is 37.3 Å². The second-order valence-corrected chi connectivity index (χ2v) is 11.1. The lowest BCUT2D eigenvalue weighted by atomic mass is 9.57. The molecule has 7 rings (SSSR count). The number of rotatable bonds is 3. The molecule has 6 heterocycles. The molecule has 0 amide bonds. The molecular formula is C25H38N2O4. The molecule has 6 aliphatic rings. The van der Waals surface area contributed by atoms with E-state index in [4.69, 9.17) is 19.2 Å². The van der Waals surface area contributed by atoms with Gasteiger partial charge in [-0.1, -0.05) is 13.8 Å². The third-order valence-corrected chi connectivity index (χ3v) is 9.30. The van der Waals surface area contributed by atoms with Crippen molar-refractivity contribution in [2.45, 2.75) is 89.6 Å². The maximum atomic E-state index is 6.85. The van der Waals surface area contributed by atoms with Crippen LogP contribution < -0.4 is 0 Å². The molecule has 5 saturated heterocycles. The van der Waals surface area contributed by atoms with Gasteiger partial charge in [-0.25, -0.2) is 9.78 Å². The van der Waals surface area contributed by atoms with Gasteiger partial charge in [-0.05, 0) is 82.0 Å². The molecule has 31 heavy (non-hydrogen) atoms. The zero-order valence-corrected chi connectivity index (χ0v) is 19.5. The summed E-state index contributed by atoms with van der Waals surface area (Å²) in [6, 6.07) is 4.57. The van der Waals surface area contributed by atoms with Gasteiger partial charge in [-0.2, -0.15) is 0 Å². The molecule has 6 heteroatoms. The first-order chi connectivity index (χ1) is 14.9. The van der Waals surface area contributed by atoms with Gasteiger partial charge in [-0.15, -0.1) is 0 Å². The van der Waals surface area contributed by atoms with Crippen LogP contribution in [-0.4, -0.2) is 40.2 Å². The lowest BCUT2D eigenvalue weighted by Gasteiger charge is -2.60. The number of hydrogen-bond donors (Lipinski definition) is 0. The van der Waals surface area contributed by atoms with Crippen molar-refractivity contribution in [2.75, 3.05) is 13.1 Å². The largest absolute Gasteiger partial charge is 0.348 e. The van der Waals surface area contributed by atoms with Crippen LogP contribution in [0, 0.1) is 23.7 Å². The average molecular weight is 431 g/mol. The van der Waals surface area contributed by atoms with Gasteiger partial charge in [0.15, 0.2) is 11.9 Å². The molecule has 0 aromatic carbocycles. The Morgan fingerprint density at radius 3 is 2.65 bits per heavy atom. The molecule has 5 aliphatic heterocycles. The van der Waals surface area contributed by atoms with E-state index in [1.54, 1.807) is 0 Å². The van der Waals surface area contributed by atoms with Crippen molar-refractivity contribution in [3.05, 3.63) is 23.5 Å². The third-order valence-electron chi connectivity index (χ3n) is 9.30. The molecule has 0 N–H and O–H groups in total. The maximum Gasteiger partial charge on any atom is 0.201 e. The summed E-state index contributed by atoms with van der Waals surface area (Å²) in [6.45, 7) is 10.2. The van der Waals surface area contributed by atoms with Crippen molar-refractivity contribution in [3.8, 4) is 0 Å². The SMILES string of the molecule is C[C@H]1[C@H](c2ccc(CN3CCCC3)n2C)O[C@@H]2O[C@@]3(C)CC[C@H]4[C@H](C)CC[C@@H]1[C@@]24OO3. The van der Waals surface area contributed by atoms with Crippen LogP contribution in [0.1, 0.15) is 76.8 Å². The lowest BCUT2D eigenvalue weighted by Crippen LogP contribution is -2.69. The van der Waals surface area contributed by atoms with Crippen LogP contribution in [0.15, 0.2) is 12.1 Å². The van der Waals surface area contributed by atoms with Crippen LogP contribution in [0.25, 0.3) is 0 Å². The lowest BCUT2D eigenvalue weighted by molar-refractivity contribution is -0.571. The molecule has 1 saturated carbocycles. The summed E-state index contributed by atoms with van der Waals surface area (Å²) in [6.07, 6.45) is 6.61. The van der Waals surface area contributed by atoms with Crippen LogP contribution in [0.2, 0.25) is 0 Å². The van der Waals surface area contributed by atoms with E-state index in [1.165, 1.54) is 43.7 Å². The molecule has 6 fully saturated rings. The first kappa shape index (κ1) is 20.7. The topological polar surface area (TPSA) is 45.1 Å². The van der Waals surface area contributed by atoms with Crippen molar-refractivity contribution < 1.29 is 19.2 Å². The summed E-state index contributed by atoms with van der Waals surface area (Å²) in [4.78, 5) is 14.8. The minimum atomic E-state index is -0.711. The summed E-state index contributed by atoms with van der Waals surface area (Å²) in [5.41, 5.74) is 2.16. The van der Waals surface area contributed by atoms with E-state index in [-0.39, 0.29) is 12.4 Å². The Hall–Kier alpha value is -0.920. The standard InChI is InChI=1S/C25H38N2O4/c1-16-7-9-20-17(2)22(21-10-8-18(26(21)4)15-27-13-5-6-14-27)28-23-25(20)19(16)11-12-24(3,29-23)30-31-25/h8,10,16-17,19-20,22-23H,5-7,9,11-15H2,1-4H3/t16-,17-,19+,20+,22-,23-,24-,25-/m1/s1. The molecule has 2 bridgehead atoms. The minimum absolute atomic E-state index is 0.0126. The van der Waals surface area contributed by atoms with Crippen molar-refractivity contribution >= 4 is 0 Å². The van der Waals surface area contributed by atoms with Gasteiger partial charge in [0.25, 0.3) is 0 Å². The van der Waals surface area contributed by atoms with Gasteiger partial charge in [0.2, 0.25) is 5.79 Å². The highest BCUT2D eigenvalue weighted by atomic mass is 17.3. The maximum absolute atomic E-state index is 6.85. The predicted molar refractivity (Wildman–Crippen MR) is 116 cm³/mol. The van der Waals surface area contributed by atoms with E-state index in [9.17, 15) is 0 Å². The van der Waals surface area contributed by atoms with Gasteiger partial charge in [-0.3, -0.25) is 4.90 Å². The number of aromatic nitrogens is 1. The number of likely N-dealkylation sites (tertiary alicyclic amines) is 1. The minimum Gasteiger partial charge on any atom is -0.348 e. The normalized spacial score (nSPS) is 47.4. The molecule has 0 unspecified atom stereocenters. The second kappa shape index (κ2) is 7.29. The van der Waals surface area contributed by atoms with Crippen molar-refractivity contribution in [2.24, 2.45) is 30.7 Å². The van der Waals surface area contributed by atoms with Crippen LogP contribution in [-0.2, 0) is 32.8 Å². The summed E-state index contributed by atoms with van der Waals surface area (Å²) >= 11 is 0. The van der Waals surface area contributed by atoms with Crippen LogP contribution >= 0.6 is 0 Å². The number of fused-ring (bicyclic) bond motifs is 2. The van der Waals surface area contributed by atoms with Gasteiger partial charge in [0.05, 0.1) is 0 Å². The van der Waals surface area contributed by atoms with Crippen LogP contribution in [0.5, 0.6) is 0 Å². The fraction of sp³-hybridized carbons (Fsp3) is 0.840. The van der Waals surface area contributed by atoms with E-state index >= 15 is 0 Å². The first-order valence-electron chi connectivity index (χ1n) is 12.5. The summed E-state index contributed by atoms with van der Waals surface area (Å²) in [5.74, 6) is 1.02. The predicted octanol–water partition coefficient (Wildman–Crippen LogP) is 4.54. The first-order valence-corrected chi connectivity index (χ1v) is 12.5. The van der Waals surface area contributed by atoms with E-state index in [0.29, 0.717) is 23.7 Å². The van der Waals surface area contributed by atoms with Gasteiger partial charge >= 0.3 is 0 Å². The van der Waals surface area contributed by atoms with Crippen LogP contribution in [0.3, 0.4) is 0 Å². The number of hydrogen-bond acceptors (Lipinski definition) is 5. The summed E-state index contributed by atoms with van der Waals surface area (Å²) in [5, 5.41) is 0. The van der Waals surface area contributed by atoms with Gasteiger partial charge in [0.1, 0.15) is 6.10 Å². The van der Waals surface area contributed by atoms with E-state index in [1.807, 2.05) is 6.92 Å². The fourth-order valence-corrected chi connectivity index (χ4v) is 7.43. The van der Waals surface area contributed by atoms with Crippen molar-refractivity contribution in [1.82, 2.24) is 9.47 Å². The molecule has 1 aromatic heterocycles. The molecule has 172 valence electrons. The molecule has 8 atom stereocenters. The molecular weight excluding hydrogens is 392 g/mol. The quantitative estimate of drug-likeness (QED) is 0.659. The van der Waals surface area contributed by atoms with Crippen molar-refractivity contribution in [1.29, 1.82) is 0 Å². The van der Waals surface area contributed by atoms with Crippen LogP contribution in [0.4, 0.5) is 0 Å². The van der Waals surface area contributed by atoms with E-state index < -0.39 is 11.4 Å². The van der Waals surface area contributed by atoms with Gasteiger partial charge < -0.3 is 14.0 Å². The Labute approximate surface area is 186 Å². The smallest absolute Gasteiger partial charge is 0.201 e. The Bertz CT molecular complexity index is 835. The summed E-state index contributed by atoms with van der Waals surface area (Å²) < 4.78 is 15.8. The molecule has 1 aliphatic carbocycles. The van der Waals surface area contributed by atoms with E-state index in [2.05, 4.69) is 42.5 Å². The van der Waals surface area contributed by atoms with E-state index in [0.717, 1.165) is 25.8 Å². The molecule has 6 nitrogen and oxygen atoms in total. The Kier molecular flexibility index (Phi) is 4.86. The van der Waals surface area contributed by atoms with Crippen molar-refractivity contribution in [3.63, 3.8) is 0 Å². The highest BCUT2D eigenvalue weighted by Crippen LogP contribution is 2.62. The zero-order valence-electron chi connectivity index (χ0n) is 19.5.